The Morgan fingerprint density at radius 2 is 0.674 bits per heavy atom. The summed E-state index contributed by atoms with van der Waals surface area (Å²) in [6, 6.07) is 0. The minimum absolute atomic E-state index is 0.0570. The summed E-state index contributed by atoms with van der Waals surface area (Å²) in [5.41, 5.74) is 0. The molecule has 0 radical (unpaired) electrons. The number of ether oxygens (including phenoxy) is 2. The molecule has 5 nitrogen and oxygen atoms in total. The molecular weight excluding hydrogens is 572 g/mol. The van der Waals surface area contributed by atoms with Gasteiger partial charge in [-0.25, -0.2) is 0 Å². The van der Waals surface area contributed by atoms with E-state index in [0.29, 0.717) is 12.8 Å². The van der Waals surface area contributed by atoms with Crippen molar-refractivity contribution in [2.24, 2.45) is 0 Å². The van der Waals surface area contributed by atoms with Gasteiger partial charge >= 0.3 is 11.9 Å². The fourth-order valence-electron chi connectivity index (χ4n) is 6.26. The molecule has 0 aromatic carbocycles. The quantitative estimate of drug-likeness (QED) is 0.0531. The Hall–Kier alpha value is -1.10. The van der Waals surface area contributed by atoms with Crippen molar-refractivity contribution in [2.75, 3.05) is 13.2 Å². The molecule has 0 aliphatic heterocycles. The van der Waals surface area contributed by atoms with E-state index in [4.69, 9.17) is 9.47 Å². The smallest absolute Gasteiger partial charge is 0.306 e. The summed E-state index contributed by atoms with van der Waals surface area (Å²) in [4.78, 5) is 24.2. The van der Waals surface area contributed by atoms with Gasteiger partial charge in [-0.05, 0) is 12.8 Å². The van der Waals surface area contributed by atoms with Gasteiger partial charge in [-0.1, -0.05) is 206 Å². The van der Waals surface area contributed by atoms with E-state index in [1.54, 1.807) is 0 Å². The molecule has 5 heteroatoms. The first-order chi connectivity index (χ1) is 22.6. The topological polar surface area (TPSA) is 72.8 Å². The van der Waals surface area contributed by atoms with Gasteiger partial charge in [0.2, 0.25) is 0 Å². The lowest BCUT2D eigenvalue weighted by Gasteiger charge is -2.15. The van der Waals surface area contributed by atoms with Crippen LogP contribution in [0.2, 0.25) is 0 Å². The molecule has 0 aliphatic carbocycles. The Balaban J connectivity index is 3.44. The molecule has 0 aromatic rings. The summed E-state index contributed by atoms with van der Waals surface area (Å²) in [5, 5.41) is 9.54. The maximum Gasteiger partial charge on any atom is 0.306 e. The van der Waals surface area contributed by atoms with E-state index in [1.165, 1.54) is 173 Å². The minimum atomic E-state index is -0.760. The van der Waals surface area contributed by atoms with Gasteiger partial charge in [0.15, 0.2) is 6.10 Å². The summed E-state index contributed by atoms with van der Waals surface area (Å²) in [6.07, 6.45) is 41.7. The normalized spacial score (nSPS) is 12.0. The summed E-state index contributed by atoms with van der Waals surface area (Å²) in [7, 11) is 0. The van der Waals surface area contributed by atoms with Crippen molar-refractivity contribution < 1.29 is 24.2 Å². The second-order valence-corrected chi connectivity index (χ2v) is 14.1. The number of esters is 2. The van der Waals surface area contributed by atoms with E-state index in [0.717, 1.165) is 32.1 Å². The molecule has 0 fully saturated rings. The van der Waals surface area contributed by atoms with Crippen LogP contribution < -0.4 is 0 Å². The fraction of sp³-hybridized carbons (Fsp3) is 0.951. The fourth-order valence-corrected chi connectivity index (χ4v) is 6.26. The van der Waals surface area contributed by atoms with Crippen LogP contribution in [0, 0.1) is 0 Å². The Morgan fingerprint density at radius 1 is 0.413 bits per heavy atom. The highest BCUT2D eigenvalue weighted by atomic mass is 16.6. The van der Waals surface area contributed by atoms with Crippen molar-refractivity contribution in [2.45, 2.75) is 238 Å². The Bertz CT molecular complexity index is 622. The van der Waals surface area contributed by atoms with Gasteiger partial charge in [0.25, 0.3) is 0 Å². The molecule has 0 aromatic heterocycles. The number of hydrogen-bond donors (Lipinski definition) is 1. The average Bonchev–Trinajstić information content (AvgIpc) is 3.06. The number of unbranched alkanes of at least 4 members (excludes halogenated alkanes) is 30. The Morgan fingerprint density at radius 3 is 0.957 bits per heavy atom. The molecule has 0 heterocycles. The van der Waals surface area contributed by atoms with Crippen molar-refractivity contribution in [1.82, 2.24) is 0 Å². The lowest BCUT2D eigenvalue weighted by molar-refractivity contribution is -0.161. The Labute approximate surface area is 287 Å². The van der Waals surface area contributed by atoms with Gasteiger partial charge in [-0.3, -0.25) is 9.59 Å². The molecule has 1 unspecified atom stereocenters. The van der Waals surface area contributed by atoms with E-state index >= 15 is 0 Å². The van der Waals surface area contributed by atoms with E-state index in [1.807, 2.05) is 0 Å². The number of aliphatic hydroxyl groups excluding tert-OH is 1. The van der Waals surface area contributed by atoms with Crippen molar-refractivity contribution >= 4 is 11.9 Å². The number of hydrogen-bond acceptors (Lipinski definition) is 5. The summed E-state index contributed by atoms with van der Waals surface area (Å²) >= 11 is 0. The largest absolute Gasteiger partial charge is 0.462 e. The molecule has 274 valence electrons. The van der Waals surface area contributed by atoms with Gasteiger partial charge in [0, 0.05) is 12.8 Å². The lowest BCUT2D eigenvalue weighted by atomic mass is 10.0. The van der Waals surface area contributed by atoms with Crippen molar-refractivity contribution in [3.05, 3.63) is 0 Å². The summed E-state index contributed by atoms with van der Waals surface area (Å²) in [5.74, 6) is -0.576. The highest BCUT2D eigenvalue weighted by Gasteiger charge is 2.16. The van der Waals surface area contributed by atoms with Gasteiger partial charge in [0.1, 0.15) is 6.61 Å². The van der Waals surface area contributed by atoms with Crippen molar-refractivity contribution in [1.29, 1.82) is 0 Å². The van der Waals surface area contributed by atoms with Crippen LogP contribution in [0.5, 0.6) is 0 Å². The van der Waals surface area contributed by atoms with Gasteiger partial charge in [-0.15, -0.1) is 0 Å². The minimum Gasteiger partial charge on any atom is -0.462 e. The van der Waals surface area contributed by atoms with Gasteiger partial charge < -0.3 is 14.6 Å². The van der Waals surface area contributed by atoms with Gasteiger partial charge in [0.05, 0.1) is 6.61 Å². The van der Waals surface area contributed by atoms with Crippen LogP contribution in [0.15, 0.2) is 0 Å². The monoisotopic (exact) mass is 653 g/mol. The third-order valence-electron chi connectivity index (χ3n) is 9.40. The summed E-state index contributed by atoms with van der Waals surface area (Å²) < 4.78 is 10.6. The molecule has 0 aliphatic rings. The molecule has 0 saturated heterocycles. The zero-order valence-corrected chi connectivity index (χ0v) is 31.1. The SMILES string of the molecule is CCCCCCCCCCCCCCCCCCCCCCCC(=O)OCC(CO)OC(=O)CCCCCCCCCCCCC. The third-order valence-corrected chi connectivity index (χ3v) is 9.40. The highest BCUT2D eigenvalue weighted by molar-refractivity contribution is 5.70. The standard InChI is InChI=1S/C41H80O5/c1-3-5-7-9-11-13-15-16-17-18-19-20-21-22-23-24-26-27-29-31-33-35-40(43)45-38-39(37-42)46-41(44)36-34-32-30-28-25-14-12-10-8-6-4-2/h39,42H,3-38H2,1-2H3. The second kappa shape index (κ2) is 38.3. The van der Waals surface area contributed by atoms with E-state index in [-0.39, 0.29) is 25.2 Å². The summed E-state index contributed by atoms with van der Waals surface area (Å²) in [6.45, 7) is 4.16. The highest BCUT2D eigenvalue weighted by Crippen LogP contribution is 2.16. The van der Waals surface area contributed by atoms with Crippen molar-refractivity contribution in [3.63, 3.8) is 0 Å². The van der Waals surface area contributed by atoms with E-state index < -0.39 is 6.10 Å². The van der Waals surface area contributed by atoms with Crippen LogP contribution >= 0.6 is 0 Å². The van der Waals surface area contributed by atoms with Crippen LogP contribution in [0.1, 0.15) is 232 Å². The zero-order chi connectivity index (χ0) is 33.6. The maximum atomic E-state index is 12.1. The molecule has 1 N–H and O–H groups in total. The number of aliphatic hydroxyl groups is 1. The third kappa shape index (κ3) is 35.7. The van der Waals surface area contributed by atoms with E-state index in [2.05, 4.69) is 13.8 Å². The van der Waals surface area contributed by atoms with Crippen LogP contribution in [0.3, 0.4) is 0 Å². The molecule has 0 rings (SSSR count). The zero-order valence-electron chi connectivity index (χ0n) is 31.1. The first-order valence-corrected chi connectivity index (χ1v) is 20.6. The average molecular weight is 653 g/mol. The van der Waals surface area contributed by atoms with Crippen LogP contribution in [0.4, 0.5) is 0 Å². The molecular formula is C41H80O5. The molecule has 46 heavy (non-hydrogen) atoms. The molecule has 0 saturated carbocycles. The molecule has 0 amide bonds. The van der Waals surface area contributed by atoms with Gasteiger partial charge in [-0.2, -0.15) is 0 Å². The van der Waals surface area contributed by atoms with E-state index in [9.17, 15) is 14.7 Å². The molecule has 1 atom stereocenters. The van der Waals surface area contributed by atoms with Crippen LogP contribution in [-0.4, -0.2) is 36.4 Å². The predicted molar refractivity (Wildman–Crippen MR) is 196 cm³/mol. The number of rotatable bonds is 38. The van der Waals surface area contributed by atoms with Crippen LogP contribution in [0.25, 0.3) is 0 Å². The van der Waals surface area contributed by atoms with Crippen molar-refractivity contribution in [3.8, 4) is 0 Å². The number of carbonyl (C=O) groups is 2. The maximum absolute atomic E-state index is 12.1. The van der Waals surface area contributed by atoms with Crippen LogP contribution in [-0.2, 0) is 19.1 Å². The molecule has 0 spiro atoms. The first kappa shape index (κ1) is 44.9. The first-order valence-electron chi connectivity index (χ1n) is 20.6. The number of carbonyl (C=O) groups excluding carboxylic acids is 2. The second-order valence-electron chi connectivity index (χ2n) is 14.1. The molecule has 0 bridgehead atoms. The lowest BCUT2D eigenvalue weighted by Crippen LogP contribution is -2.28. The predicted octanol–water partition coefficient (Wildman–Crippen LogP) is 12.7. The Kier molecular flexibility index (Phi) is 37.4.